The molecule has 1 saturated heterocycles. The molecule has 1 aromatic carbocycles. The average Bonchev–Trinajstić information content (AvgIpc) is 3.23. The molecular weight excluding hydrogens is 402 g/mol. The van der Waals surface area contributed by atoms with Gasteiger partial charge in [0.1, 0.15) is 5.69 Å². The third-order valence-corrected chi connectivity index (χ3v) is 6.67. The van der Waals surface area contributed by atoms with Crippen molar-refractivity contribution in [2.45, 2.75) is 33.2 Å². The lowest BCUT2D eigenvalue weighted by Gasteiger charge is -2.34. The number of thiazole rings is 1. The maximum absolute atomic E-state index is 13.1. The van der Waals surface area contributed by atoms with Crippen molar-refractivity contribution in [3.05, 3.63) is 56.8 Å². The number of nitro benzene ring substituents is 1. The third kappa shape index (κ3) is 3.77. The molecule has 0 aliphatic carbocycles. The number of hydrogen-bond donors (Lipinski definition) is 0. The van der Waals surface area contributed by atoms with E-state index in [0.717, 1.165) is 16.3 Å². The van der Waals surface area contributed by atoms with Crippen molar-refractivity contribution in [1.29, 1.82) is 0 Å². The molecule has 3 heterocycles. The van der Waals surface area contributed by atoms with Crippen molar-refractivity contribution < 1.29 is 9.72 Å². The average molecular weight is 428 g/mol. The minimum atomic E-state index is -0.346. The number of aromatic nitrogens is 2. The molecule has 1 amide bonds. The number of fused-ring (bicyclic) bond motifs is 1. The molecule has 0 saturated carbocycles. The van der Waals surface area contributed by atoms with E-state index >= 15 is 0 Å². The van der Waals surface area contributed by atoms with Crippen LogP contribution in [-0.4, -0.2) is 45.3 Å². The number of piperidine rings is 1. The highest BCUT2D eigenvalue weighted by Crippen LogP contribution is 2.32. The van der Waals surface area contributed by atoms with Crippen LogP contribution in [0, 0.1) is 29.9 Å². The quantitative estimate of drug-likeness (QED) is 0.457. The number of carbonyl (C=O) groups is 1. The van der Waals surface area contributed by atoms with Crippen LogP contribution in [0.25, 0.3) is 4.96 Å². The zero-order valence-electron chi connectivity index (χ0n) is 17.4. The van der Waals surface area contributed by atoms with E-state index in [4.69, 9.17) is 0 Å². The van der Waals surface area contributed by atoms with Gasteiger partial charge in [-0.1, -0.05) is 12.1 Å². The lowest BCUT2D eigenvalue weighted by Crippen LogP contribution is -2.41. The molecule has 4 rings (SSSR count). The summed E-state index contributed by atoms with van der Waals surface area (Å²) >= 11 is 1.65. The lowest BCUT2D eigenvalue weighted by molar-refractivity contribution is -0.384. The Labute approximate surface area is 178 Å². The van der Waals surface area contributed by atoms with E-state index in [-0.39, 0.29) is 22.4 Å². The van der Waals surface area contributed by atoms with Gasteiger partial charge in [0.15, 0.2) is 4.96 Å². The first-order chi connectivity index (χ1) is 14.3. The highest BCUT2D eigenvalue weighted by atomic mass is 32.1. The molecule has 0 N–H and O–H groups in total. The summed E-state index contributed by atoms with van der Waals surface area (Å²) in [5, 5.41) is 11.3. The summed E-state index contributed by atoms with van der Waals surface area (Å²) < 4.78 is 2.08. The monoisotopic (exact) mass is 427 g/mol. The van der Waals surface area contributed by atoms with E-state index < -0.39 is 0 Å². The first-order valence-electron chi connectivity index (χ1n) is 10.0. The smallest absolute Gasteiger partial charge is 0.292 e. The summed E-state index contributed by atoms with van der Waals surface area (Å²) in [6.45, 7) is 5.82. The summed E-state index contributed by atoms with van der Waals surface area (Å²) in [5.41, 5.74) is 2.74. The molecule has 0 spiro atoms. The van der Waals surface area contributed by atoms with Crippen LogP contribution in [0.2, 0.25) is 0 Å². The maximum Gasteiger partial charge on any atom is 0.292 e. The summed E-state index contributed by atoms with van der Waals surface area (Å²) in [5.74, 6) is 0.0560. The number of nitro groups is 1. The number of imidazole rings is 1. The minimum absolute atomic E-state index is 0.0676. The molecule has 8 nitrogen and oxygen atoms in total. The van der Waals surface area contributed by atoms with Gasteiger partial charge in [-0.3, -0.25) is 19.3 Å². The summed E-state index contributed by atoms with van der Waals surface area (Å²) in [6.07, 6.45) is 3.44. The zero-order chi connectivity index (χ0) is 21.4. The van der Waals surface area contributed by atoms with Gasteiger partial charge in [-0.15, -0.1) is 11.3 Å². The number of rotatable bonds is 5. The normalized spacial score (nSPS) is 15.0. The zero-order valence-corrected chi connectivity index (χ0v) is 18.2. The number of amides is 1. The fourth-order valence-corrected chi connectivity index (χ4v) is 5.06. The summed E-state index contributed by atoms with van der Waals surface area (Å²) in [7, 11) is 1.84. The Morgan fingerprint density at radius 2 is 2.00 bits per heavy atom. The van der Waals surface area contributed by atoms with Crippen molar-refractivity contribution in [2.24, 2.45) is 5.92 Å². The highest BCUT2D eigenvalue weighted by molar-refractivity contribution is 7.17. The van der Waals surface area contributed by atoms with Gasteiger partial charge in [0, 0.05) is 43.2 Å². The van der Waals surface area contributed by atoms with Crippen LogP contribution in [0.15, 0.2) is 30.5 Å². The summed E-state index contributed by atoms with van der Waals surface area (Å²) in [6, 6.07) is 6.80. The van der Waals surface area contributed by atoms with E-state index in [0.29, 0.717) is 38.2 Å². The van der Waals surface area contributed by atoms with Gasteiger partial charge in [-0.2, -0.15) is 0 Å². The number of para-hydroxylation sites is 2. The van der Waals surface area contributed by atoms with Crippen LogP contribution < -0.4 is 4.90 Å². The standard InChI is InChI=1S/C21H25N5O3S/c1-14-12-25-19(15(2)22-21(25)30-14)13-23(3)20(27)16-8-10-24(11-9-16)17-6-4-5-7-18(17)26(28)29/h4-7,12,16H,8-11,13H2,1-3H3. The van der Waals surface area contributed by atoms with Crippen LogP contribution in [0.5, 0.6) is 0 Å². The van der Waals surface area contributed by atoms with Gasteiger partial charge in [-0.05, 0) is 32.8 Å². The van der Waals surface area contributed by atoms with Crippen LogP contribution in [0.3, 0.4) is 0 Å². The highest BCUT2D eigenvalue weighted by Gasteiger charge is 2.30. The molecule has 0 bridgehead atoms. The molecule has 0 atom stereocenters. The first-order valence-corrected chi connectivity index (χ1v) is 10.8. The molecule has 0 radical (unpaired) electrons. The molecule has 30 heavy (non-hydrogen) atoms. The van der Waals surface area contributed by atoms with E-state index in [9.17, 15) is 14.9 Å². The fraction of sp³-hybridized carbons (Fsp3) is 0.429. The van der Waals surface area contributed by atoms with Crippen molar-refractivity contribution in [3.63, 3.8) is 0 Å². The van der Waals surface area contributed by atoms with Gasteiger partial charge in [-0.25, -0.2) is 4.98 Å². The molecule has 0 unspecified atom stereocenters. The second-order valence-electron chi connectivity index (χ2n) is 7.84. The van der Waals surface area contributed by atoms with Crippen molar-refractivity contribution in [3.8, 4) is 0 Å². The molecule has 3 aromatic rings. The SMILES string of the molecule is Cc1cn2c(CN(C)C(=O)C3CCN(c4ccccc4[N+](=O)[O-])CC3)c(C)nc2s1. The number of aryl methyl sites for hydroxylation is 2. The fourth-order valence-electron chi connectivity index (χ4n) is 4.17. The van der Waals surface area contributed by atoms with Gasteiger partial charge in [0.05, 0.1) is 22.9 Å². The predicted molar refractivity (Wildman–Crippen MR) is 117 cm³/mol. The molecule has 1 aliphatic rings. The Hall–Kier alpha value is -2.94. The topological polar surface area (TPSA) is 84.0 Å². The van der Waals surface area contributed by atoms with Gasteiger partial charge >= 0.3 is 0 Å². The maximum atomic E-state index is 13.1. The van der Waals surface area contributed by atoms with Crippen LogP contribution >= 0.6 is 11.3 Å². The molecular formula is C21H25N5O3S. The van der Waals surface area contributed by atoms with E-state index in [1.807, 2.05) is 24.9 Å². The van der Waals surface area contributed by atoms with Crippen LogP contribution in [0.1, 0.15) is 29.1 Å². The summed E-state index contributed by atoms with van der Waals surface area (Å²) in [4.78, 5) is 34.6. The second kappa shape index (κ2) is 8.06. The van der Waals surface area contributed by atoms with Crippen molar-refractivity contribution in [2.75, 3.05) is 25.0 Å². The number of anilines is 1. The van der Waals surface area contributed by atoms with Gasteiger partial charge < -0.3 is 9.80 Å². The molecule has 1 fully saturated rings. The largest absolute Gasteiger partial charge is 0.366 e. The Balaban J connectivity index is 1.42. The van der Waals surface area contributed by atoms with Crippen molar-refractivity contribution >= 4 is 33.6 Å². The molecule has 1 aliphatic heterocycles. The molecule has 2 aromatic heterocycles. The number of carbonyl (C=O) groups excluding carboxylic acids is 1. The van der Waals surface area contributed by atoms with E-state index in [1.54, 1.807) is 28.4 Å². The lowest BCUT2D eigenvalue weighted by atomic mass is 9.94. The number of hydrogen-bond acceptors (Lipinski definition) is 6. The molecule has 9 heteroatoms. The van der Waals surface area contributed by atoms with Crippen molar-refractivity contribution in [1.82, 2.24) is 14.3 Å². The van der Waals surface area contributed by atoms with E-state index in [2.05, 4.69) is 22.5 Å². The Kier molecular flexibility index (Phi) is 5.46. The first kappa shape index (κ1) is 20.3. The third-order valence-electron chi connectivity index (χ3n) is 5.77. The molecule has 158 valence electrons. The van der Waals surface area contributed by atoms with Gasteiger partial charge in [0.25, 0.3) is 5.69 Å². The van der Waals surface area contributed by atoms with Crippen LogP contribution in [-0.2, 0) is 11.3 Å². The Morgan fingerprint density at radius 1 is 1.30 bits per heavy atom. The number of benzene rings is 1. The number of nitrogens with zero attached hydrogens (tertiary/aromatic N) is 5. The second-order valence-corrected chi connectivity index (χ2v) is 9.05. The minimum Gasteiger partial charge on any atom is -0.366 e. The van der Waals surface area contributed by atoms with Crippen LogP contribution in [0.4, 0.5) is 11.4 Å². The predicted octanol–water partition coefficient (Wildman–Crippen LogP) is 3.80. The Morgan fingerprint density at radius 3 is 2.70 bits per heavy atom. The van der Waals surface area contributed by atoms with Gasteiger partial charge in [0.2, 0.25) is 5.91 Å². The Bertz CT molecular complexity index is 1100. The van der Waals surface area contributed by atoms with E-state index in [1.165, 1.54) is 10.9 Å².